The molecule has 0 bridgehead atoms. The Morgan fingerprint density at radius 3 is 2.40 bits per heavy atom. The van der Waals surface area contributed by atoms with Gasteiger partial charge in [0.15, 0.2) is 0 Å². The van der Waals surface area contributed by atoms with Gasteiger partial charge in [0.2, 0.25) is 0 Å². The Kier molecular flexibility index (Phi) is 6.77. The third-order valence-electron chi connectivity index (χ3n) is 3.77. The molecular formula is C19H24FN3O2. The molecule has 2 aromatic carbocycles. The minimum Gasteiger partial charge on any atom is -0.508 e. The number of benzene rings is 2. The summed E-state index contributed by atoms with van der Waals surface area (Å²) in [5.41, 5.74) is 1.21. The molecule has 2 amide bonds. The van der Waals surface area contributed by atoms with Crippen molar-refractivity contribution in [2.24, 2.45) is 0 Å². The van der Waals surface area contributed by atoms with E-state index in [9.17, 15) is 14.3 Å². The summed E-state index contributed by atoms with van der Waals surface area (Å²) >= 11 is 0. The molecule has 2 rings (SSSR count). The number of hydrogen-bond acceptors (Lipinski definition) is 3. The Labute approximate surface area is 147 Å². The number of nitrogens with one attached hydrogen (secondary N) is 1. The lowest BCUT2D eigenvalue weighted by Crippen LogP contribution is -2.36. The molecule has 0 heterocycles. The van der Waals surface area contributed by atoms with E-state index in [1.54, 1.807) is 23.1 Å². The van der Waals surface area contributed by atoms with E-state index in [1.807, 2.05) is 20.2 Å². The summed E-state index contributed by atoms with van der Waals surface area (Å²) in [7, 11) is 3.96. The minimum absolute atomic E-state index is 0.162. The maximum absolute atomic E-state index is 13.0. The number of phenolic OH excluding ortho intramolecular Hbond substituents is 1. The Hall–Kier alpha value is -2.60. The maximum atomic E-state index is 13.0. The number of para-hydroxylation sites is 1. The van der Waals surface area contributed by atoms with E-state index >= 15 is 0 Å². The van der Waals surface area contributed by atoms with Gasteiger partial charge in [-0.05, 0) is 57.4 Å². The highest BCUT2D eigenvalue weighted by Crippen LogP contribution is 2.19. The monoisotopic (exact) mass is 345 g/mol. The topological polar surface area (TPSA) is 55.8 Å². The summed E-state index contributed by atoms with van der Waals surface area (Å²) in [6.45, 7) is 1.69. The van der Waals surface area contributed by atoms with Gasteiger partial charge in [0.1, 0.15) is 11.6 Å². The van der Waals surface area contributed by atoms with E-state index < -0.39 is 0 Å². The first kappa shape index (κ1) is 18.7. The van der Waals surface area contributed by atoms with Gasteiger partial charge in [0.05, 0.1) is 6.54 Å². The van der Waals surface area contributed by atoms with Crippen LogP contribution in [0.3, 0.4) is 0 Å². The standard InChI is InChI=1S/C19H24FN3O2/c1-22(2)12-5-13-23(14-15-6-3-4-7-18(15)24)19(25)21-17-10-8-16(20)9-11-17/h3-4,6-11,24H,5,12-14H2,1-2H3,(H,21,25). The SMILES string of the molecule is CN(C)CCCN(Cc1ccccc1O)C(=O)Nc1ccc(F)cc1. The molecule has 0 aromatic heterocycles. The van der Waals surface area contributed by atoms with Crippen LogP contribution in [0, 0.1) is 5.82 Å². The Morgan fingerprint density at radius 2 is 1.76 bits per heavy atom. The van der Waals surface area contributed by atoms with Crippen LogP contribution in [0.5, 0.6) is 5.75 Å². The highest BCUT2D eigenvalue weighted by Gasteiger charge is 2.16. The van der Waals surface area contributed by atoms with Crippen molar-refractivity contribution in [2.45, 2.75) is 13.0 Å². The van der Waals surface area contributed by atoms with Crippen molar-refractivity contribution < 1.29 is 14.3 Å². The fourth-order valence-corrected chi connectivity index (χ4v) is 2.42. The smallest absolute Gasteiger partial charge is 0.322 e. The second-order valence-corrected chi connectivity index (χ2v) is 6.14. The van der Waals surface area contributed by atoms with Crippen molar-refractivity contribution in [1.29, 1.82) is 0 Å². The van der Waals surface area contributed by atoms with E-state index in [-0.39, 0.29) is 17.6 Å². The van der Waals surface area contributed by atoms with Crippen molar-refractivity contribution in [3.05, 3.63) is 59.9 Å². The highest BCUT2D eigenvalue weighted by atomic mass is 19.1. The molecule has 0 saturated carbocycles. The van der Waals surface area contributed by atoms with Crippen LogP contribution in [0.2, 0.25) is 0 Å². The molecule has 0 aliphatic carbocycles. The van der Waals surface area contributed by atoms with Crippen molar-refractivity contribution in [1.82, 2.24) is 9.80 Å². The molecule has 2 aromatic rings. The second-order valence-electron chi connectivity index (χ2n) is 6.14. The third kappa shape index (κ3) is 6.08. The number of nitrogens with zero attached hydrogens (tertiary/aromatic N) is 2. The van der Waals surface area contributed by atoms with Gasteiger partial charge in [0.25, 0.3) is 0 Å². The lowest BCUT2D eigenvalue weighted by molar-refractivity contribution is 0.205. The predicted molar refractivity (Wildman–Crippen MR) is 97.1 cm³/mol. The number of phenols is 1. The normalized spacial score (nSPS) is 10.7. The summed E-state index contributed by atoms with van der Waals surface area (Å²) in [4.78, 5) is 16.3. The lowest BCUT2D eigenvalue weighted by Gasteiger charge is -2.24. The van der Waals surface area contributed by atoms with E-state index in [0.29, 0.717) is 24.3 Å². The minimum atomic E-state index is -0.352. The Bertz CT molecular complexity index is 689. The number of halogens is 1. The fraction of sp³-hybridized carbons (Fsp3) is 0.316. The van der Waals surface area contributed by atoms with E-state index in [1.165, 1.54) is 24.3 Å². The average molecular weight is 345 g/mol. The van der Waals surface area contributed by atoms with Crippen molar-refractivity contribution in [3.8, 4) is 5.75 Å². The van der Waals surface area contributed by atoms with Crippen molar-refractivity contribution in [3.63, 3.8) is 0 Å². The fourth-order valence-electron chi connectivity index (χ4n) is 2.42. The number of hydrogen-bond donors (Lipinski definition) is 2. The van der Waals surface area contributed by atoms with Crippen LogP contribution in [0.4, 0.5) is 14.9 Å². The molecule has 0 saturated heterocycles. The van der Waals surface area contributed by atoms with Gasteiger partial charge < -0.3 is 20.2 Å². The molecule has 0 unspecified atom stereocenters. The van der Waals surface area contributed by atoms with Gasteiger partial charge in [-0.2, -0.15) is 0 Å². The molecule has 0 fully saturated rings. The molecule has 0 radical (unpaired) electrons. The lowest BCUT2D eigenvalue weighted by atomic mass is 10.2. The number of rotatable bonds is 7. The van der Waals surface area contributed by atoms with Crippen molar-refractivity contribution >= 4 is 11.7 Å². The predicted octanol–water partition coefficient (Wildman–Crippen LogP) is 3.52. The van der Waals surface area contributed by atoms with Crippen LogP contribution in [0.15, 0.2) is 48.5 Å². The zero-order valence-corrected chi connectivity index (χ0v) is 14.6. The van der Waals surface area contributed by atoms with Gasteiger partial charge in [-0.3, -0.25) is 0 Å². The van der Waals surface area contributed by atoms with Gasteiger partial charge in [-0.15, -0.1) is 0 Å². The highest BCUT2D eigenvalue weighted by molar-refractivity contribution is 5.89. The number of urea groups is 1. The van der Waals surface area contributed by atoms with Gasteiger partial charge >= 0.3 is 6.03 Å². The largest absolute Gasteiger partial charge is 0.508 e. The number of anilines is 1. The molecule has 5 nitrogen and oxygen atoms in total. The van der Waals surface area contributed by atoms with E-state index in [4.69, 9.17) is 0 Å². The first-order valence-corrected chi connectivity index (χ1v) is 8.19. The molecule has 2 N–H and O–H groups in total. The number of amides is 2. The summed E-state index contributed by atoms with van der Waals surface area (Å²) in [6.07, 6.45) is 0.803. The van der Waals surface area contributed by atoms with Gasteiger partial charge in [-0.25, -0.2) is 9.18 Å². The summed E-state index contributed by atoms with van der Waals surface area (Å²) in [6, 6.07) is 12.3. The molecule has 0 atom stereocenters. The zero-order valence-electron chi connectivity index (χ0n) is 14.6. The Morgan fingerprint density at radius 1 is 1.08 bits per heavy atom. The molecule has 134 valence electrons. The van der Waals surface area contributed by atoms with Crippen LogP contribution < -0.4 is 5.32 Å². The van der Waals surface area contributed by atoms with Crippen LogP contribution in [0.1, 0.15) is 12.0 Å². The van der Waals surface area contributed by atoms with Crippen LogP contribution in [-0.2, 0) is 6.54 Å². The quantitative estimate of drug-likeness (QED) is 0.807. The Balaban J connectivity index is 2.07. The molecular weight excluding hydrogens is 321 g/mol. The van der Waals surface area contributed by atoms with Crippen LogP contribution in [-0.4, -0.2) is 48.1 Å². The number of carbonyl (C=O) groups excluding carboxylic acids is 1. The number of carbonyl (C=O) groups is 1. The first-order chi connectivity index (χ1) is 12.0. The molecule has 6 heteroatoms. The number of aromatic hydroxyl groups is 1. The van der Waals surface area contributed by atoms with Crippen LogP contribution in [0.25, 0.3) is 0 Å². The van der Waals surface area contributed by atoms with Gasteiger partial charge in [-0.1, -0.05) is 18.2 Å². The molecule has 0 aliphatic rings. The molecule has 25 heavy (non-hydrogen) atoms. The van der Waals surface area contributed by atoms with Crippen molar-refractivity contribution in [2.75, 3.05) is 32.5 Å². The summed E-state index contributed by atoms with van der Waals surface area (Å²) in [5.74, 6) is -0.190. The maximum Gasteiger partial charge on any atom is 0.322 e. The average Bonchev–Trinajstić information content (AvgIpc) is 2.57. The van der Waals surface area contributed by atoms with E-state index in [2.05, 4.69) is 10.2 Å². The van der Waals surface area contributed by atoms with E-state index in [0.717, 1.165) is 13.0 Å². The zero-order chi connectivity index (χ0) is 18.2. The first-order valence-electron chi connectivity index (χ1n) is 8.19. The summed E-state index contributed by atoms with van der Waals surface area (Å²) in [5, 5.41) is 12.7. The second kappa shape index (κ2) is 9.03. The molecule has 0 spiro atoms. The van der Waals surface area contributed by atoms with Crippen LogP contribution >= 0.6 is 0 Å². The summed E-state index contributed by atoms with van der Waals surface area (Å²) < 4.78 is 13.0. The molecule has 0 aliphatic heterocycles. The van der Waals surface area contributed by atoms with Gasteiger partial charge in [0, 0.05) is 17.8 Å². The third-order valence-corrected chi connectivity index (χ3v) is 3.77.